The monoisotopic (exact) mass is 310 g/mol. The molecule has 0 aromatic heterocycles. The number of hydrogen-bond acceptors (Lipinski definition) is 2. The van der Waals surface area contributed by atoms with Crippen LogP contribution in [0.25, 0.3) is 0 Å². The highest BCUT2D eigenvalue weighted by Crippen LogP contribution is 2.17. The molecule has 23 heavy (non-hydrogen) atoms. The molecule has 0 saturated carbocycles. The van der Waals surface area contributed by atoms with Crippen LogP contribution in [-0.4, -0.2) is 19.5 Å². The van der Waals surface area contributed by atoms with Gasteiger partial charge in [-0.05, 0) is 35.1 Å². The first-order valence-corrected chi connectivity index (χ1v) is 8.61. The normalized spacial score (nSPS) is 21.3. The quantitative estimate of drug-likeness (QED) is 0.815. The molecule has 1 aliphatic heterocycles. The van der Waals surface area contributed by atoms with Crippen LogP contribution in [0.2, 0.25) is 0 Å². The zero-order chi connectivity index (χ0) is 16.1. The van der Waals surface area contributed by atoms with Gasteiger partial charge in [0.15, 0.2) is 6.29 Å². The average molecular weight is 310 g/mol. The molecule has 1 aliphatic rings. The van der Waals surface area contributed by atoms with E-state index in [4.69, 9.17) is 9.47 Å². The Balaban J connectivity index is 1.56. The molecule has 0 radical (unpaired) electrons. The van der Waals surface area contributed by atoms with Crippen LogP contribution in [0.3, 0.4) is 0 Å². The largest absolute Gasteiger partial charge is 0.352 e. The van der Waals surface area contributed by atoms with Gasteiger partial charge < -0.3 is 9.47 Å². The molecule has 2 aromatic carbocycles. The molecule has 3 rings (SSSR count). The van der Waals surface area contributed by atoms with Crippen LogP contribution in [0.5, 0.6) is 0 Å². The first-order chi connectivity index (χ1) is 11.2. The Bertz CT molecular complexity index is 593. The summed E-state index contributed by atoms with van der Waals surface area (Å²) in [4.78, 5) is 0. The van der Waals surface area contributed by atoms with Crippen molar-refractivity contribution in [2.24, 2.45) is 5.92 Å². The predicted octanol–water partition coefficient (Wildman–Crippen LogP) is 4.39. The topological polar surface area (TPSA) is 18.5 Å². The van der Waals surface area contributed by atoms with Crippen LogP contribution in [-0.2, 0) is 28.7 Å². The van der Waals surface area contributed by atoms with Crippen molar-refractivity contribution in [3.8, 4) is 0 Å². The minimum atomic E-state index is -0.0846. The fourth-order valence-electron chi connectivity index (χ4n) is 2.87. The summed E-state index contributed by atoms with van der Waals surface area (Å²) in [6.45, 7) is 5.94. The summed E-state index contributed by atoms with van der Waals surface area (Å²) in [7, 11) is 0. The van der Waals surface area contributed by atoms with Crippen molar-refractivity contribution in [3.05, 3.63) is 70.8 Å². The van der Waals surface area contributed by atoms with Gasteiger partial charge in [-0.25, -0.2) is 0 Å². The molecule has 1 fully saturated rings. The number of rotatable bonds is 5. The third-order valence-electron chi connectivity index (χ3n) is 4.40. The van der Waals surface area contributed by atoms with E-state index >= 15 is 0 Å². The highest BCUT2D eigenvalue weighted by molar-refractivity contribution is 5.30. The summed E-state index contributed by atoms with van der Waals surface area (Å²) in [6, 6.07) is 17.7. The summed E-state index contributed by atoms with van der Waals surface area (Å²) < 4.78 is 11.4. The highest BCUT2D eigenvalue weighted by Gasteiger charge is 2.19. The first kappa shape index (κ1) is 16.2. The molecule has 2 heteroatoms. The Kier molecular flexibility index (Phi) is 5.47. The van der Waals surface area contributed by atoms with Crippen LogP contribution in [0, 0.1) is 5.92 Å². The highest BCUT2D eigenvalue weighted by atomic mass is 16.7. The SMILES string of the molecule is CCc1ccc(Cc2ccc(CC3OCC(C)CO3)cc2)cc1. The van der Waals surface area contributed by atoms with Gasteiger partial charge in [-0.2, -0.15) is 0 Å². The molecular weight excluding hydrogens is 284 g/mol. The second kappa shape index (κ2) is 7.76. The van der Waals surface area contributed by atoms with Crippen molar-refractivity contribution < 1.29 is 9.47 Å². The van der Waals surface area contributed by atoms with E-state index in [-0.39, 0.29) is 6.29 Å². The van der Waals surface area contributed by atoms with Crippen molar-refractivity contribution in [3.63, 3.8) is 0 Å². The van der Waals surface area contributed by atoms with Crippen molar-refractivity contribution in [2.45, 2.75) is 39.4 Å². The molecule has 0 aliphatic carbocycles. The van der Waals surface area contributed by atoms with Crippen LogP contribution in [0.4, 0.5) is 0 Å². The maximum atomic E-state index is 5.72. The van der Waals surface area contributed by atoms with Gasteiger partial charge in [0.1, 0.15) is 0 Å². The lowest BCUT2D eigenvalue weighted by Crippen LogP contribution is -2.31. The molecule has 0 bridgehead atoms. The summed E-state index contributed by atoms with van der Waals surface area (Å²) >= 11 is 0. The average Bonchev–Trinajstić information content (AvgIpc) is 2.59. The Morgan fingerprint density at radius 1 is 0.783 bits per heavy atom. The van der Waals surface area contributed by atoms with Crippen molar-refractivity contribution in [1.29, 1.82) is 0 Å². The molecule has 0 unspecified atom stereocenters. The van der Waals surface area contributed by atoms with E-state index in [1.54, 1.807) is 0 Å². The van der Waals surface area contributed by atoms with Gasteiger partial charge in [0, 0.05) is 12.3 Å². The third-order valence-corrected chi connectivity index (χ3v) is 4.40. The molecular formula is C21H26O2. The summed E-state index contributed by atoms with van der Waals surface area (Å²) in [6.07, 6.45) is 2.83. The number of ether oxygens (including phenoxy) is 2. The van der Waals surface area contributed by atoms with E-state index in [1.165, 1.54) is 22.3 Å². The lowest BCUT2D eigenvalue weighted by Gasteiger charge is -2.27. The fourth-order valence-corrected chi connectivity index (χ4v) is 2.87. The maximum absolute atomic E-state index is 5.72. The van der Waals surface area contributed by atoms with Gasteiger partial charge >= 0.3 is 0 Å². The van der Waals surface area contributed by atoms with E-state index in [9.17, 15) is 0 Å². The first-order valence-electron chi connectivity index (χ1n) is 8.61. The predicted molar refractivity (Wildman–Crippen MR) is 93.6 cm³/mol. The third kappa shape index (κ3) is 4.66. The standard InChI is InChI=1S/C21H26O2/c1-3-17-4-6-18(7-5-17)12-19-8-10-20(11-9-19)13-21-22-14-16(2)15-23-21/h4-11,16,21H,3,12-15H2,1-2H3. The Morgan fingerprint density at radius 3 is 1.78 bits per heavy atom. The second-order valence-corrected chi connectivity index (χ2v) is 6.57. The van der Waals surface area contributed by atoms with Crippen molar-refractivity contribution >= 4 is 0 Å². The van der Waals surface area contributed by atoms with Gasteiger partial charge in [-0.15, -0.1) is 0 Å². The number of benzene rings is 2. The van der Waals surface area contributed by atoms with E-state index in [1.807, 2.05) is 0 Å². The second-order valence-electron chi connectivity index (χ2n) is 6.57. The van der Waals surface area contributed by atoms with Gasteiger partial charge in [0.2, 0.25) is 0 Å². The lowest BCUT2D eigenvalue weighted by atomic mass is 10.0. The minimum absolute atomic E-state index is 0.0846. The smallest absolute Gasteiger partial charge is 0.161 e. The number of aryl methyl sites for hydroxylation is 1. The fraction of sp³-hybridized carbons (Fsp3) is 0.429. The summed E-state index contributed by atoms with van der Waals surface area (Å²) in [5, 5.41) is 0. The minimum Gasteiger partial charge on any atom is -0.352 e. The lowest BCUT2D eigenvalue weighted by molar-refractivity contribution is -0.196. The molecule has 2 nitrogen and oxygen atoms in total. The molecule has 122 valence electrons. The molecule has 2 aromatic rings. The van der Waals surface area contributed by atoms with Gasteiger partial charge in [-0.3, -0.25) is 0 Å². The summed E-state index contributed by atoms with van der Waals surface area (Å²) in [5.41, 5.74) is 5.38. The van der Waals surface area contributed by atoms with E-state index in [0.29, 0.717) is 5.92 Å². The van der Waals surface area contributed by atoms with E-state index in [0.717, 1.165) is 32.5 Å². The van der Waals surface area contributed by atoms with Gasteiger partial charge in [0.25, 0.3) is 0 Å². The molecule has 0 amide bonds. The maximum Gasteiger partial charge on any atom is 0.161 e. The Morgan fingerprint density at radius 2 is 1.26 bits per heavy atom. The van der Waals surface area contributed by atoms with Crippen molar-refractivity contribution in [2.75, 3.05) is 13.2 Å². The van der Waals surface area contributed by atoms with Crippen LogP contribution < -0.4 is 0 Å². The van der Waals surface area contributed by atoms with Gasteiger partial charge in [-0.1, -0.05) is 62.4 Å². The molecule has 0 atom stereocenters. The van der Waals surface area contributed by atoms with Crippen LogP contribution in [0.1, 0.15) is 36.1 Å². The van der Waals surface area contributed by atoms with E-state index < -0.39 is 0 Å². The van der Waals surface area contributed by atoms with E-state index in [2.05, 4.69) is 62.4 Å². The zero-order valence-corrected chi connectivity index (χ0v) is 14.1. The van der Waals surface area contributed by atoms with Crippen LogP contribution >= 0.6 is 0 Å². The number of hydrogen-bond donors (Lipinski definition) is 0. The zero-order valence-electron chi connectivity index (χ0n) is 14.1. The van der Waals surface area contributed by atoms with Crippen LogP contribution in [0.15, 0.2) is 48.5 Å². The Labute approximate surface area is 139 Å². The molecule has 1 heterocycles. The van der Waals surface area contributed by atoms with Gasteiger partial charge in [0.05, 0.1) is 13.2 Å². The molecule has 0 spiro atoms. The molecule has 1 saturated heterocycles. The molecule has 0 N–H and O–H groups in total. The Hall–Kier alpha value is -1.64. The summed E-state index contributed by atoms with van der Waals surface area (Å²) in [5.74, 6) is 0.507. The van der Waals surface area contributed by atoms with Crippen molar-refractivity contribution in [1.82, 2.24) is 0 Å².